The number of carboxylic acid groups (broad SMARTS) is 4. The number of likely N-dealkylation sites (N-methyl/N-ethyl adjacent to an activating group) is 1. The predicted molar refractivity (Wildman–Crippen MR) is 143 cm³/mol. The van der Waals surface area contributed by atoms with Gasteiger partial charge in [0.2, 0.25) is 0 Å². The lowest BCUT2D eigenvalue weighted by Crippen LogP contribution is -2.43. The third-order valence-electron chi connectivity index (χ3n) is 5.54. The van der Waals surface area contributed by atoms with Gasteiger partial charge in [-0.15, -0.1) is 0 Å². The van der Waals surface area contributed by atoms with Gasteiger partial charge in [-0.2, -0.15) is 52.7 Å². The molecule has 1 saturated heterocycles. The van der Waals surface area contributed by atoms with Crippen molar-refractivity contribution in [1.29, 1.82) is 0 Å². The molecule has 1 aliphatic heterocycles. The van der Waals surface area contributed by atoms with Crippen molar-refractivity contribution in [2.45, 2.75) is 56.2 Å². The zero-order chi connectivity index (χ0) is 39.7. The Morgan fingerprint density at radius 3 is 1.38 bits per heavy atom. The third kappa shape index (κ3) is 21.3. The summed E-state index contributed by atoms with van der Waals surface area (Å²) in [5, 5.41) is 28.5. The number of rotatable bonds is 5. The molecule has 0 bridgehead atoms. The van der Waals surface area contributed by atoms with Gasteiger partial charge in [0.25, 0.3) is 0 Å². The molecular weight excluding hydrogens is 724 g/mol. The van der Waals surface area contributed by atoms with Crippen molar-refractivity contribution in [3.63, 3.8) is 0 Å². The summed E-state index contributed by atoms with van der Waals surface area (Å²) in [6.45, 7) is 2.07. The van der Waals surface area contributed by atoms with E-state index < -0.39 is 48.6 Å². The van der Waals surface area contributed by atoms with Gasteiger partial charge in [0.1, 0.15) is 0 Å². The van der Waals surface area contributed by atoms with Crippen LogP contribution in [0, 0.1) is 0 Å². The number of hydrogen-bond donors (Lipinski definition) is 4. The first-order valence-corrected chi connectivity index (χ1v) is 12.9. The van der Waals surface area contributed by atoms with Crippen molar-refractivity contribution < 1.29 is 92.3 Å². The lowest BCUT2D eigenvalue weighted by molar-refractivity contribution is -0.193. The first-order chi connectivity index (χ1) is 22.5. The van der Waals surface area contributed by atoms with Crippen LogP contribution in [-0.4, -0.2) is 122 Å². The quantitative estimate of drug-likeness (QED) is 0.308. The van der Waals surface area contributed by atoms with Crippen LogP contribution in [0.1, 0.15) is 17.7 Å². The number of carboxylic acids is 4. The average Bonchev–Trinajstić information content (AvgIpc) is 3.35. The number of carbonyl (C=O) groups is 4. The van der Waals surface area contributed by atoms with Crippen LogP contribution >= 0.6 is 0 Å². The lowest BCUT2D eigenvalue weighted by atomic mass is 10.00. The van der Waals surface area contributed by atoms with Crippen LogP contribution in [0.2, 0.25) is 0 Å². The van der Waals surface area contributed by atoms with Crippen molar-refractivity contribution in [3.05, 3.63) is 60.2 Å². The molecule has 3 heterocycles. The highest BCUT2D eigenvalue weighted by atomic mass is 19.4. The van der Waals surface area contributed by atoms with Crippen LogP contribution in [0.3, 0.4) is 0 Å². The minimum atomic E-state index is -5.08. The van der Waals surface area contributed by atoms with Gasteiger partial charge in [-0.05, 0) is 56.8 Å². The normalized spacial score (nSPS) is 16.1. The molecule has 0 unspecified atom stereocenters. The molecule has 1 fully saturated rings. The molecule has 1 aliphatic rings. The fraction of sp³-hybridized carbons (Fsp3) is 0.462. The molecule has 2 aromatic heterocycles. The Morgan fingerprint density at radius 1 is 0.700 bits per heavy atom. The van der Waals surface area contributed by atoms with Crippen molar-refractivity contribution >= 4 is 23.9 Å². The third-order valence-corrected chi connectivity index (χ3v) is 5.54. The Kier molecular flexibility index (Phi) is 19.6. The molecule has 0 aliphatic carbocycles. The van der Waals surface area contributed by atoms with Crippen molar-refractivity contribution in [1.82, 2.24) is 19.8 Å². The Morgan fingerprint density at radius 2 is 1.08 bits per heavy atom. The molecule has 3 rings (SSSR count). The maximum absolute atomic E-state index is 10.6. The van der Waals surface area contributed by atoms with Gasteiger partial charge in [0.05, 0.1) is 5.69 Å². The van der Waals surface area contributed by atoms with Gasteiger partial charge in [0.15, 0.2) is 0 Å². The summed E-state index contributed by atoms with van der Waals surface area (Å²) in [7, 11) is 4.38. The number of likely N-dealkylation sites (tertiary alicyclic amines) is 1. The zero-order valence-corrected chi connectivity index (χ0v) is 25.3. The van der Waals surface area contributed by atoms with E-state index in [0.717, 1.165) is 25.2 Å². The van der Waals surface area contributed by atoms with E-state index in [1.54, 1.807) is 0 Å². The van der Waals surface area contributed by atoms with E-state index in [1.807, 2.05) is 24.7 Å². The molecule has 0 amide bonds. The maximum atomic E-state index is 10.6. The zero-order valence-electron chi connectivity index (χ0n) is 25.3. The smallest absolute Gasteiger partial charge is 0.475 e. The minimum absolute atomic E-state index is 0.527. The van der Waals surface area contributed by atoms with Crippen molar-refractivity contribution in [2.75, 3.05) is 20.6 Å². The molecule has 2 atom stereocenters. The number of pyridine rings is 2. The second-order valence-corrected chi connectivity index (χ2v) is 9.45. The Balaban J connectivity index is 0. The molecule has 50 heavy (non-hydrogen) atoms. The summed E-state index contributed by atoms with van der Waals surface area (Å²) >= 11 is 0. The van der Waals surface area contributed by atoms with Crippen LogP contribution in [-0.2, 0) is 32.1 Å². The summed E-state index contributed by atoms with van der Waals surface area (Å²) in [6.07, 6.45) is -12.4. The second kappa shape index (κ2) is 20.7. The van der Waals surface area contributed by atoms with Gasteiger partial charge in [-0.1, -0.05) is 6.07 Å². The molecule has 24 heteroatoms. The first kappa shape index (κ1) is 47.4. The largest absolute Gasteiger partial charge is 0.490 e. The van der Waals surface area contributed by atoms with Crippen molar-refractivity contribution in [3.8, 4) is 0 Å². The van der Waals surface area contributed by atoms with E-state index in [2.05, 4.69) is 58.1 Å². The van der Waals surface area contributed by atoms with Gasteiger partial charge in [-0.3, -0.25) is 14.9 Å². The van der Waals surface area contributed by atoms with E-state index in [-0.39, 0.29) is 0 Å². The van der Waals surface area contributed by atoms with Gasteiger partial charge >= 0.3 is 48.6 Å². The van der Waals surface area contributed by atoms with E-state index in [1.165, 1.54) is 12.0 Å². The highest BCUT2D eigenvalue weighted by molar-refractivity contribution is 5.74. The molecule has 2 aromatic rings. The monoisotopic (exact) mass is 752 g/mol. The van der Waals surface area contributed by atoms with Crippen LogP contribution in [0.25, 0.3) is 0 Å². The molecule has 0 radical (unpaired) electrons. The fourth-order valence-corrected chi connectivity index (χ4v) is 3.42. The van der Waals surface area contributed by atoms with Crippen LogP contribution in [0.5, 0.6) is 0 Å². The Labute approximate surface area is 273 Å². The highest BCUT2D eigenvalue weighted by Crippen LogP contribution is 2.26. The van der Waals surface area contributed by atoms with Crippen LogP contribution in [0.15, 0.2) is 48.9 Å². The SMILES string of the molecule is CN(C)[C@@H]1CCN(Cc2ccccn2)[C@H]1Cc1ccncc1.O=C(O)C(F)(F)F.O=C(O)C(F)(F)F.O=C(O)C(F)(F)F.O=C(O)C(F)(F)F. The molecule has 0 spiro atoms. The standard InChI is InChI=1S/C18H24N4.4C2HF3O2/c1-21(2)17-8-12-22(14-16-5-3-4-9-20-16)18(17)13-15-6-10-19-11-7-15;4*3-2(4,5)1(6)7/h3-7,9-11,17-18H,8,12-14H2,1-2H3;4*(H,6,7)/t17-,18+;;;;/m1..../s1. The summed E-state index contributed by atoms with van der Waals surface area (Å²) in [6, 6.07) is 11.5. The van der Waals surface area contributed by atoms with E-state index in [9.17, 15) is 52.7 Å². The number of aromatic nitrogens is 2. The van der Waals surface area contributed by atoms with Crippen molar-refractivity contribution in [2.24, 2.45) is 0 Å². The highest BCUT2D eigenvalue weighted by Gasteiger charge is 2.40. The molecule has 4 N–H and O–H groups in total. The summed E-state index contributed by atoms with van der Waals surface area (Å²) in [5.41, 5.74) is 2.52. The number of hydrogen-bond acceptors (Lipinski definition) is 8. The molecule has 0 aromatic carbocycles. The van der Waals surface area contributed by atoms with E-state index >= 15 is 0 Å². The fourth-order valence-electron chi connectivity index (χ4n) is 3.42. The Bertz CT molecular complexity index is 1230. The second-order valence-electron chi connectivity index (χ2n) is 9.45. The summed E-state index contributed by atoms with van der Waals surface area (Å²) in [4.78, 5) is 49.1. The van der Waals surface area contributed by atoms with Crippen LogP contribution in [0.4, 0.5) is 52.7 Å². The van der Waals surface area contributed by atoms with Gasteiger partial charge in [0, 0.05) is 43.8 Å². The average molecular weight is 753 g/mol. The van der Waals surface area contributed by atoms with Gasteiger partial charge < -0.3 is 25.3 Å². The number of halogens is 12. The van der Waals surface area contributed by atoms with Crippen LogP contribution < -0.4 is 0 Å². The van der Waals surface area contributed by atoms with Gasteiger partial charge in [-0.25, -0.2) is 19.2 Å². The number of aliphatic carboxylic acids is 4. The molecular formula is C26H28F12N4O8. The molecule has 0 saturated carbocycles. The summed E-state index contributed by atoms with van der Waals surface area (Å²) < 4.78 is 127. The topological polar surface area (TPSA) is 181 Å². The first-order valence-electron chi connectivity index (χ1n) is 12.9. The molecule has 284 valence electrons. The minimum Gasteiger partial charge on any atom is -0.475 e. The maximum Gasteiger partial charge on any atom is 0.490 e. The molecule has 12 nitrogen and oxygen atoms in total. The Hall–Kier alpha value is -4.74. The number of nitrogens with zero attached hydrogens (tertiary/aromatic N) is 4. The van der Waals surface area contributed by atoms with E-state index in [0.29, 0.717) is 12.1 Å². The predicted octanol–water partition coefficient (Wildman–Crippen LogP) is 4.76. The summed E-state index contributed by atoms with van der Waals surface area (Å²) in [5.74, 6) is -11.0. The lowest BCUT2D eigenvalue weighted by Gasteiger charge is -2.31. The number of alkyl halides is 12. The van der Waals surface area contributed by atoms with E-state index in [4.69, 9.17) is 39.6 Å².